The second kappa shape index (κ2) is 8.53. The molecule has 2 amide bonds. The van der Waals surface area contributed by atoms with Gasteiger partial charge in [-0.25, -0.2) is 0 Å². The highest BCUT2D eigenvalue weighted by molar-refractivity contribution is 8.00. The molecule has 2 N–H and O–H groups in total. The van der Waals surface area contributed by atoms with Gasteiger partial charge in [-0.2, -0.15) is 0 Å². The Morgan fingerprint density at radius 2 is 2.00 bits per heavy atom. The normalized spacial score (nSPS) is 20.3. The molecule has 6 heteroatoms. The van der Waals surface area contributed by atoms with E-state index in [-0.39, 0.29) is 11.8 Å². The number of hydrogen-bond donors (Lipinski definition) is 2. The highest BCUT2D eigenvalue weighted by Crippen LogP contribution is 2.23. The maximum absolute atomic E-state index is 12.5. The number of nitrogens with one attached hydrogen (secondary N) is 2. The number of hydrogen-bond acceptors (Lipinski definition) is 4. The molecular weight excluding hydrogens is 322 g/mol. The lowest BCUT2D eigenvalue weighted by Gasteiger charge is -2.16. The van der Waals surface area contributed by atoms with Crippen LogP contribution in [0.3, 0.4) is 0 Å². The van der Waals surface area contributed by atoms with Crippen molar-refractivity contribution in [3.05, 3.63) is 29.8 Å². The molecule has 2 saturated heterocycles. The number of benzene rings is 1. The molecule has 0 bridgehead atoms. The SMILES string of the molecule is O=C(NCC1CCCN1)c1ccccc1SCC(=O)N1CCCC1. The summed E-state index contributed by atoms with van der Waals surface area (Å²) in [6.45, 7) is 3.43. The van der Waals surface area contributed by atoms with Gasteiger partial charge in [0.15, 0.2) is 0 Å². The molecule has 1 atom stereocenters. The fourth-order valence-electron chi connectivity index (χ4n) is 3.22. The number of likely N-dealkylation sites (tertiary alicyclic amines) is 1. The van der Waals surface area contributed by atoms with E-state index in [0.29, 0.717) is 23.9 Å². The molecule has 2 heterocycles. The molecule has 1 aromatic rings. The summed E-state index contributed by atoms with van der Waals surface area (Å²) < 4.78 is 0. The van der Waals surface area contributed by atoms with Crippen LogP contribution in [-0.2, 0) is 4.79 Å². The first-order valence-corrected chi connectivity index (χ1v) is 9.74. The minimum absolute atomic E-state index is 0.0552. The van der Waals surface area contributed by atoms with Crippen molar-refractivity contribution in [2.24, 2.45) is 0 Å². The molecule has 5 nitrogen and oxygen atoms in total. The zero-order valence-corrected chi connectivity index (χ0v) is 14.7. The van der Waals surface area contributed by atoms with Crippen molar-refractivity contribution in [3.63, 3.8) is 0 Å². The van der Waals surface area contributed by atoms with E-state index < -0.39 is 0 Å². The van der Waals surface area contributed by atoms with Gasteiger partial charge in [-0.05, 0) is 44.4 Å². The average Bonchev–Trinajstić information content (AvgIpc) is 3.31. The Morgan fingerprint density at radius 1 is 1.21 bits per heavy atom. The average molecular weight is 347 g/mol. The standard InChI is InChI=1S/C18H25N3O2S/c22-17(21-10-3-4-11-21)13-24-16-8-2-1-7-15(16)18(23)20-12-14-6-5-9-19-14/h1-2,7-8,14,19H,3-6,9-13H2,(H,20,23). The van der Waals surface area contributed by atoms with Crippen molar-refractivity contribution in [1.29, 1.82) is 0 Å². The van der Waals surface area contributed by atoms with Crippen LogP contribution in [0.5, 0.6) is 0 Å². The van der Waals surface area contributed by atoms with E-state index in [0.717, 1.165) is 43.8 Å². The van der Waals surface area contributed by atoms with Crippen LogP contribution in [0.4, 0.5) is 0 Å². The lowest BCUT2D eigenvalue weighted by atomic mass is 10.2. The predicted molar refractivity (Wildman–Crippen MR) is 96.3 cm³/mol. The van der Waals surface area contributed by atoms with Crippen LogP contribution in [0.2, 0.25) is 0 Å². The van der Waals surface area contributed by atoms with Crippen LogP contribution in [0.1, 0.15) is 36.0 Å². The first-order chi connectivity index (χ1) is 11.7. The molecule has 2 aliphatic heterocycles. The topological polar surface area (TPSA) is 61.4 Å². The van der Waals surface area contributed by atoms with Crippen LogP contribution in [0.15, 0.2) is 29.2 Å². The van der Waals surface area contributed by atoms with Gasteiger partial charge >= 0.3 is 0 Å². The van der Waals surface area contributed by atoms with E-state index in [2.05, 4.69) is 10.6 Å². The monoisotopic (exact) mass is 347 g/mol. The summed E-state index contributed by atoms with van der Waals surface area (Å²) >= 11 is 1.46. The van der Waals surface area contributed by atoms with Gasteiger partial charge in [-0.3, -0.25) is 9.59 Å². The van der Waals surface area contributed by atoms with Crippen molar-refractivity contribution in [2.75, 3.05) is 31.9 Å². The Bertz CT molecular complexity index is 581. The van der Waals surface area contributed by atoms with Crippen LogP contribution >= 0.6 is 11.8 Å². The molecule has 3 rings (SSSR count). The molecule has 0 saturated carbocycles. The van der Waals surface area contributed by atoms with E-state index in [4.69, 9.17) is 0 Å². The summed E-state index contributed by atoms with van der Waals surface area (Å²) in [5.41, 5.74) is 0.662. The third-order valence-electron chi connectivity index (χ3n) is 4.61. The Balaban J connectivity index is 1.55. The molecular formula is C18H25N3O2S. The molecule has 24 heavy (non-hydrogen) atoms. The van der Waals surface area contributed by atoms with E-state index in [1.165, 1.54) is 18.2 Å². The zero-order chi connectivity index (χ0) is 16.8. The van der Waals surface area contributed by atoms with Gasteiger partial charge in [0.25, 0.3) is 5.91 Å². The van der Waals surface area contributed by atoms with Crippen LogP contribution in [-0.4, -0.2) is 54.7 Å². The summed E-state index contributed by atoms with van der Waals surface area (Å²) in [7, 11) is 0. The Labute approximate surface area is 147 Å². The van der Waals surface area contributed by atoms with Gasteiger partial charge in [0.2, 0.25) is 5.91 Å². The summed E-state index contributed by atoms with van der Waals surface area (Å²) in [6.07, 6.45) is 4.49. The van der Waals surface area contributed by atoms with Gasteiger partial charge in [-0.15, -0.1) is 11.8 Å². The van der Waals surface area contributed by atoms with Gasteiger partial charge in [0.05, 0.1) is 11.3 Å². The fraction of sp³-hybridized carbons (Fsp3) is 0.556. The van der Waals surface area contributed by atoms with Gasteiger partial charge < -0.3 is 15.5 Å². The molecule has 1 unspecified atom stereocenters. The molecule has 130 valence electrons. The molecule has 0 radical (unpaired) electrons. The molecule has 2 aliphatic rings. The second-order valence-corrected chi connectivity index (χ2v) is 7.39. The third-order valence-corrected chi connectivity index (χ3v) is 5.67. The Hall–Kier alpha value is -1.53. The lowest BCUT2D eigenvalue weighted by Crippen LogP contribution is -2.37. The molecule has 0 spiro atoms. The van der Waals surface area contributed by atoms with Crippen LogP contribution in [0.25, 0.3) is 0 Å². The highest BCUT2D eigenvalue weighted by Gasteiger charge is 2.20. The van der Waals surface area contributed by atoms with Gasteiger partial charge in [0, 0.05) is 30.6 Å². The number of nitrogens with zero attached hydrogens (tertiary/aromatic N) is 1. The number of thioether (sulfide) groups is 1. The fourth-order valence-corrected chi connectivity index (χ4v) is 4.17. The number of carbonyl (C=O) groups excluding carboxylic acids is 2. The van der Waals surface area contributed by atoms with Crippen molar-refractivity contribution >= 4 is 23.6 Å². The third kappa shape index (κ3) is 4.51. The predicted octanol–water partition coefficient (Wildman–Crippen LogP) is 1.88. The van der Waals surface area contributed by atoms with E-state index in [9.17, 15) is 9.59 Å². The Kier molecular flexibility index (Phi) is 6.15. The largest absolute Gasteiger partial charge is 0.350 e. The molecule has 2 fully saturated rings. The Morgan fingerprint density at radius 3 is 2.75 bits per heavy atom. The molecule has 0 aliphatic carbocycles. The summed E-state index contributed by atoms with van der Waals surface area (Å²) in [5, 5.41) is 6.39. The summed E-state index contributed by atoms with van der Waals surface area (Å²) in [4.78, 5) is 27.5. The highest BCUT2D eigenvalue weighted by atomic mass is 32.2. The maximum Gasteiger partial charge on any atom is 0.252 e. The number of carbonyl (C=O) groups is 2. The van der Waals surface area contributed by atoms with Gasteiger partial charge in [-0.1, -0.05) is 12.1 Å². The van der Waals surface area contributed by atoms with Crippen molar-refractivity contribution in [3.8, 4) is 0 Å². The summed E-state index contributed by atoms with van der Waals surface area (Å²) in [5.74, 6) is 0.511. The minimum Gasteiger partial charge on any atom is -0.350 e. The zero-order valence-electron chi connectivity index (χ0n) is 13.9. The summed E-state index contributed by atoms with van der Waals surface area (Å²) in [6, 6.07) is 7.92. The minimum atomic E-state index is -0.0552. The van der Waals surface area contributed by atoms with Crippen molar-refractivity contribution in [2.45, 2.75) is 36.6 Å². The first-order valence-electron chi connectivity index (χ1n) is 8.75. The maximum atomic E-state index is 12.5. The second-order valence-electron chi connectivity index (χ2n) is 6.38. The van der Waals surface area contributed by atoms with E-state index in [1.807, 2.05) is 29.2 Å². The van der Waals surface area contributed by atoms with E-state index in [1.54, 1.807) is 0 Å². The number of amides is 2. The molecule has 0 aromatic heterocycles. The quantitative estimate of drug-likeness (QED) is 0.772. The molecule has 1 aromatic carbocycles. The van der Waals surface area contributed by atoms with Crippen LogP contribution in [0, 0.1) is 0 Å². The van der Waals surface area contributed by atoms with E-state index >= 15 is 0 Å². The first kappa shape index (κ1) is 17.3. The van der Waals surface area contributed by atoms with Crippen LogP contribution < -0.4 is 10.6 Å². The van der Waals surface area contributed by atoms with Crippen molar-refractivity contribution < 1.29 is 9.59 Å². The van der Waals surface area contributed by atoms with Gasteiger partial charge in [0.1, 0.15) is 0 Å². The van der Waals surface area contributed by atoms with Crippen molar-refractivity contribution in [1.82, 2.24) is 15.5 Å². The lowest BCUT2D eigenvalue weighted by molar-refractivity contribution is -0.127. The number of rotatable bonds is 6. The smallest absolute Gasteiger partial charge is 0.252 e.